The van der Waals surface area contributed by atoms with Gasteiger partial charge in [-0.2, -0.15) is 0 Å². The van der Waals surface area contributed by atoms with E-state index in [1.54, 1.807) is 0 Å². The monoisotopic (exact) mass is 258 g/mol. The maximum absolute atomic E-state index is 4.61. The molecule has 0 unspecified atom stereocenters. The molecule has 0 atom stereocenters. The molecule has 0 bridgehead atoms. The van der Waals surface area contributed by atoms with E-state index in [0.29, 0.717) is 0 Å². The van der Waals surface area contributed by atoms with Crippen LogP contribution in [0.25, 0.3) is 33.1 Å². The number of pyridine rings is 1. The second kappa shape index (κ2) is 4.20. The van der Waals surface area contributed by atoms with E-state index in [9.17, 15) is 0 Å². The first-order chi connectivity index (χ1) is 9.86. The zero-order chi connectivity index (χ0) is 13.5. The first-order valence-corrected chi connectivity index (χ1v) is 6.74. The number of fused-ring (bicyclic) bond motifs is 3. The average Bonchev–Trinajstić information content (AvgIpc) is 2.82. The number of para-hydroxylation sites is 1. The zero-order valence-electron chi connectivity index (χ0n) is 11.2. The molecule has 2 aromatic heterocycles. The van der Waals surface area contributed by atoms with Crippen LogP contribution in [0.1, 0.15) is 0 Å². The molecule has 2 heteroatoms. The van der Waals surface area contributed by atoms with Gasteiger partial charge in [0.25, 0.3) is 0 Å². The third-order valence-electron chi connectivity index (χ3n) is 3.86. The van der Waals surface area contributed by atoms with Crippen LogP contribution in [0.4, 0.5) is 0 Å². The molecule has 0 aliphatic heterocycles. The summed E-state index contributed by atoms with van der Waals surface area (Å²) in [5, 5.41) is 2.54. The Labute approximate surface area is 117 Å². The van der Waals surface area contributed by atoms with E-state index < -0.39 is 0 Å². The number of benzene rings is 2. The van der Waals surface area contributed by atoms with Crippen molar-refractivity contribution in [2.75, 3.05) is 0 Å². The highest BCUT2D eigenvalue weighted by atomic mass is 15.0. The molecule has 0 saturated heterocycles. The topological polar surface area (TPSA) is 17.8 Å². The van der Waals surface area contributed by atoms with Gasteiger partial charge in [-0.3, -0.25) is 4.98 Å². The van der Waals surface area contributed by atoms with Gasteiger partial charge < -0.3 is 4.57 Å². The Morgan fingerprint density at radius 3 is 2.40 bits per heavy atom. The Hall–Kier alpha value is -2.61. The van der Waals surface area contributed by atoms with Crippen molar-refractivity contribution in [3.05, 3.63) is 66.9 Å². The minimum Gasteiger partial charge on any atom is -0.342 e. The Balaban J connectivity index is 2.19. The van der Waals surface area contributed by atoms with Crippen LogP contribution < -0.4 is 0 Å². The summed E-state index contributed by atoms with van der Waals surface area (Å²) in [6, 6.07) is 21.0. The lowest BCUT2D eigenvalue weighted by atomic mass is 10.1. The highest BCUT2D eigenvalue weighted by Gasteiger charge is 2.12. The number of hydrogen-bond donors (Lipinski definition) is 0. The summed E-state index contributed by atoms with van der Waals surface area (Å²) in [4.78, 5) is 4.61. The third kappa shape index (κ3) is 1.48. The molecule has 0 radical (unpaired) electrons. The second-order valence-corrected chi connectivity index (χ2v) is 5.00. The van der Waals surface area contributed by atoms with Crippen LogP contribution in [0.3, 0.4) is 0 Å². The molecule has 4 aromatic rings. The normalized spacial score (nSPS) is 11.2. The fourth-order valence-corrected chi connectivity index (χ4v) is 2.93. The largest absolute Gasteiger partial charge is 0.342 e. The van der Waals surface area contributed by atoms with Gasteiger partial charge in [-0.1, -0.05) is 48.5 Å². The van der Waals surface area contributed by atoms with Crippen molar-refractivity contribution < 1.29 is 0 Å². The lowest BCUT2D eigenvalue weighted by Gasteiger charge is -2.05. The number of rotatable bonds is 1. The van der Waals surface area contributed by atoms with E-state index in [2.05, 4.69) is 71.2 Å². The predicted octanol–water partition coefficient (Wildman–Crippen LogP) is 4.39. The fourth-order valence-electron chi connectivity index (χ4n) is 2.93. The summed E-state index contributed by atoms with van der Waals surface area (Å²) in [7, 11) is 2.11. The molecular formula is C18H14N2. The van der Waals surface area contributed by atoms with Gasteiger partial charge in [-0.15, -0.1) is 0 Å². The van der Waals surface area contributed by atoms with Crippen LogP contribution >= 0.6 is 0 Å². The number of aromatic nitrogens is 2. The molecule has 0 N–H and O–H groups in total. The molecule has 2 aromatic carbocycles. The standard InChI is InChI=1S/C18H14N2/c1-20-16-10-6-5-9-14(16)15-11-12-19-17(18(15)20)13-7-3-2-4-8-13/h2-12H,1H3. The van der Waals surface area contributed by atoms with Crippen LogP contribution in [0.5, 0.6) is 0 Å². The zero-order valence-corrected chi connectivity index (χ0v) is 11.2. The number of aryl methyl sites for hydroxylation is 1. The molecule has 0 fully saturated rings. The van der Waals surface area contributed by atoms with Gasteiger partial charge in [0, 0.05) is 35.1 Å². The van der Waals surface area contributed by atoms with Gasteiger partial charge in [0.05, 0.1) is 11.2 Å². The molecule has 0 aliphatic rings. The summed E-state index contributed by atoms with van der Waals surface area (Å²) in [6.45, 7) is 0. The molecular weight excluding hydrogens is 244 g/mol. The van der Waals surface area contributed by atoms with Crippen molar-refractivity contribution in [1.82, 2.24) is 9.55 Å². The van der Waals surface area contributed by atoms with Crippen molar-refractivity contribution in [2.24, 2.45) is 7.05 Å². The second-order valence-electron chi connectivity index (χ2n) is 5.00. The summed E-state index contributed by atoms with van der Waals surface area (Å²) in [6.07, 6.45) is 1.90. The van der Waals surface area contributed by atoms with Crippen LogP contribution in [0.2, 0.25) is 0 Å². The smallest absolute Gasteiger partial charge is 0.0945 e. The van der Waals surface area contributed by atoms with Gasteiger partial charge in [0.1, 0.15) is 0 Å². The van der Waals surface area contributed by atoms with Crippen molar-refractivity contribution in [3.63, 3.8) is 0 Å². The Bertz CT molecular complexity index is 905. The van der Waals surface area contributed by atoms with Crippen LogP contribution in [-0.2, 0) is 7.05 Å². The van der Waals surface area contributed by atoms with Crippen LogP contribution in [0.15, 0.2) is 66.9 Å². The number of hydrogen-bond acceptors (Lipinski definition) is 1. The maximum atomic E-state index is 4.61. The van der Waals surface area contributed by atoms with Crippen molar-refractivity contribution in [2.45, 2.75) is 0 Å². The van der Waals surface area contributed by atoms with Gasteiger partial charge >= 0.3 is 0 Å². The minimum absolute atomic E-state index is 1.04. The summed E-state index contributed by atoms with van der Waals surface area (Å²) >= 11 is 0. The van der Waals surface area contributed by atoms with E-state index in [0.717, 1.165) is 11.3 Å². The van der Waals surface area contributed by atoms with Gasteiger partial charge in [-0.05, 0) is 12.1 Å². The first kappa shape index (κ1) is 11.2. The van der Waals surface area contributed by atoms with E-state index in [4.69, 9.17) is 0 Å². The highest BCUT2D eigenvalue weighted by Crippen LogP contribution is 2.33. The van der Waals surface area contributed by atoms with Crippen LogP contribution in [0, 0.1) is 0 Å². The molecule has 0 amide bonds. The molecule has 0 saturated carbocycles. The molecule has 0 aliphatic carbocycles. The average molecular weight is 258 g/mol. The molecule has 2 heterocycles. The summed E-state index contributed by atoms with van der Waals surface area (Å²) in [5.41, 5.74) is 4.64. The summed E-state index contributed by atoms with van der Waals surface area (Å²) < 4.78 is 2.24. The Morgan fingerprint density at radius 2 is 1.55 bits per heavy atom. The van der Waals surface area contributed by atoms with Gasteiger partial charge in [0.2, 0.25) is 0 Å². The van der Waals surface area contributed by atoms with E-state index in [1.807, 2.05) is 12.3 Å². The molecule has 4 rings (SSSR count). The molecule has 2 nitrogen and oxygen atoms in total. The third-order valence-corrected chi connectivity index (χ3v) is 3.86. The van der Waals surface area contributed by atoms with Gasteiger partial charge in [-0.25, -0.2) is 0 Å². The SMILES string of the molecule is Cn1c2ccccc2c2ccnc(-c3ccccc3)c21. The van der Waals surface area contributed by atoms with Crippen molar-refractivity contribution in [1.29, 1.82) is 0 Å². The predicted molar refractivity (Wildman–Crippen MR) is 83.7 cm³/mol. The summed E-state index contributed by atoms with van der Waals surface area (Å²) in [5.74, 6) is 0. The van der Waals surface area contributed by atoms with E-state index in [-0.39, 0.29) is 0 Å². The fraction of sp³-hybridized carbons (Fsp3) is 0.0556. The quantitative estimate of drug-likeness (QED) is 0.495. The minimum atomic E-state index is 1.04. The van der Waals surface area contributed by atoms with Crippen molar-refractivity contribution >= 4 is 21.8 Å². The molecule has 0 spiro atoms. The Kier molecular flexibility index (Phi) is 2.36. The highest BCUT2D eigenvalue weighted by molar-refractivity contribution is 6.11. The molecule has 96 valence electrons. The maximum Gasteiger partial charge on any atom is 0.0945 e. The Morgan fingerprint density at radius 1 is 0.800 bits per heavy atom. The first-order valence-electron chi connectivity index (χ1n) is 6.74. The lowest BCUT2D eigenvalue weighted by Crippen LogP contribution is -1.91. The van der Waals surface area contributed by atoms with Crippen molar-refractivity contribution in [3.8, 4) is 11.3 Å². The van der Waals surface area contributed by atoms with E-state index >= 15 is 0 Å². The van der Waals surface area contributed by atoms with E-state index in [1.165, 1.54) is 21.8 Å². The lowest BCUT2D eigenvalue weighted by molar-refractivity contribution is 1.01. The molecule has 20 heavy (non-hydrogen) atoms. The number of nitrogens with zero attached hydrogens (tertiary/aromatic N) is 2. The van der Waals surface area contributed by atoms with Gasteiger partial charge in [0.15, 0.2) is 0 Å². The van der Waals surface area contributed by atoms with Crippen LogP contribution in [-0.4, -0.2) is 9.55 Å².